The van der Waals surface area contributed by atoms with E-state index in [0.717, 1.165) is 5.57 Å². The molecule has 0 aromatic heterocycles. The molecule has 0 saturated carbocycles. The van der Waals surface area contributed by atoms with Gasteiger partial charge in [-0.05, 0) is 12.5 Å². The Morgan fingerprint density at radius 1 is 1.64 bits per heavy atom. The SMILES string of the molecule is C=C/C=C\C(=C/C)CNC=O. The third-order valence-corrected chi connectivity index (χ3v) is 1.21. The zero-order chi connectivity index (χ0) is 8.53. The van der Waals surface area contributed by atoms with Crippen molar-refractivity contribution >= 4 is 6.41 Å². The number of hydrogen-bond acceptors (Lipinski definition) is 1. The summed E-state index contributed by atoms with van der Waals surface area (Å²) in [5.41, 5.74) is 1.07. The highest BCUT2D eigenvalue weighted by atomic mass is 16.1. The molecule has 0 fully saturated rings. The summed E-state index contributed by atoms with van der Waals surface area (Å²) >= 11 is 0. The lowest BCUT2D eigenvalue weighted by Crippen LogP contribution is -2.13. The van der Waals surface area contributed by atoms with Gasteiger partial charge in [0.25, 0.3) is 0 Å². The standard InChI is InChI=1S/C9H13NO/c1-3-5-6-9(4-2)7-10-8-11/h3-6,8H,1,7H2,2H3,(H,10,11)/b6-5-,9-4+. The van der Waals surface area contributed by atoms with Crippen molar-refractivity contribution in [2.45, 2.75) is 6.92 Å². The Bertz CT molecular complexity index is 180. The normalized spacial score (nSPS) is 11.5. The summed E-state index contributed by atoms with van der Waals surface area (Å²) < 4.78 is 0. The van der Waals surface area contributed by atoms with Crippen LogP contribution in [0, 0.1) is 0 Å². The molecule has 0 saturated heterocycles. The lowest BCUT2D eigenvalue weighted by Gasteiger charge is -1.97. The highest BCUT2D eigenvalue weighted by molar-refractivity contribution is 5.47. The third-order valence-electron chi connectivity index (χ3n) is 1.21. The maximum absolute atomic E-state index is 9.92. The van der Waals surface area contributed by atoms with Crippen molar-refractivity contribution in [3.8, 4) is 0 Å². The lowest BCUT2D eigenvalue weighted by molar-refractivity contribution is -0.109. The number of nitrogens with one attached hydrogen (secondary N) is 1. The zero-order valence-corrected chi connectivity index (χ0v) is 6.71. The summed E-state index contributed by atoms with van der Waals surface area (Å²) in [6.07, 6.45) is 8.07. The van der Waals surface area contributed by atoms with Crippen LogP contribution in [0.25, 0.3) is 0 Å². The summed E-state index contributed by atoms with van der Waals surface area (Å²) in [6, 6.07) is 0. The molecule has 0 atom stereocenters. The van der Waals surface area contributed by atoms with Crippen LogP contribution in [-0.4, -0.2) is 13.0 Å². The third kappa shape index (κ3) is 5.15. The van der Waals surface area contributed by atoms with Gasteiger partial charge in [0.05, 0.1) is 0 Å². The predicted molar refractivity (Wildman–Crippen MR) is 47.2 cm³/mol. The van der Waals surface area contributed by atoms with Crippen LogP contribution < -0.4 is 5.32 Å². The Morgan fingerprint density at radius 3 is 2.82 bits per heavy atom. The smallest absolute Gasteiger partial charge is 0.207 e. The largest absolute Gasteiger partial charge is 0.355 e. The predicted octanol–water partition coefficient (Wildman–Crippen LogP) is 1.42. The highest BCUT2D eigenvalue weighted by Crippen LogP contribution is 1.93. The van der Waals surface area contributed by atoms with Crippen LogP contribution in [-0.2, 0) is 4.79 Å². The first-order valence-electron chi connectivity index (χ1n) is 3.46. The fourth-order valence-electron chi connectivity index (χ4n) is 0.608. The second-order valence-corrected chi connectivity index (χ2v) is 1.96. The van der Waals surface area contributed by atoms with E-state index in [0.29, 0.717) is 13.0 Å². The Labute approximate surface area is 67.3 Å². The lowest BCUT2D eigenvalue weighted by atomic mass is 10.2. The van der Waals surface area contributed by atoms with E-state index in [1.807, 2.05) is 25.2 Å². The summed E-state index contributed by atoms with van der Waals surface area (Å²) in [5.74, 6) is 0. The minimum absolute atomic E-state index is 0.574. The number of amides is 1. The molecule has 1 N–H and O–H groups in total. The minimum Gasteiger partial charge on any atom is -0.355 e. The van der Waals surface area contributed by atoms with Crippen LogP contribution in [0.3, 0.4) is 0 Å². The van der Waals surface area contributed by atoms with Crippen molar-refractivity contribution in [3.05, 3.63) is 36.5 Å². The molecule has 1 amide bonds. The maximum atomic E-state index is 9.92. The van der Waals surface area contributed by atoms with Crippen molar-refractivity contribution in [3.63, 3.8) is 0 Å². The van der Waals surface area contributed by atoms with Crippen LogP contribution in [0.1, 0.15) is 6.92 Å². The van der Waals surface area contributed by atoms with Crippen molar-refractivity contribution < 1.29 is 4.79 Å². The molecule has 0 bridgehead atoms. The van der Waals surface area contributed by atoms with E-state index in [9.17, 15) is 4.79 Å². The first-order chi connectivity index (χ1) is 5.35. The van der Waals surface area contributed by atoms with E-state index >= 15 is 0 Å². The van der Waals surface area contributed by atoms with Gasteiger partial charge in [-0.1, -0.05) is 30.9 Å². The van der Waals surface area contributed by atoms with Crippen LogP contribution in [0.5, 0.6) is 0 Å². The number of rotatable bonds is 5. The second-order valence-electron chi connectivity index (χ2n) is 1.96. The number of carbonyl (C=O) groups is 1. The van der Waals surface area contributed by atoms with Gasteiger partial charge < -0.3 is 5.32 Å². The Kier molecular flexibility index (Phi) is 5.99. The van der Waals surface area contributed by atoms with Gasteiger partial charge in [0.1, 0.15) is 0 Å². The monoisotopic (exact) mass is 151 g/mol. The van der Waals surface area contributed by atoms with Gasteiger partial charge in [0, 0.05) is 6.54 Å². The van der Waals surface area contributed by atoms with Crippen LogP contribution >= 0.6 is 0 Å². The molecule has 0 aliphatic heterocycles. The molecular formula is C9H13NO. The minimum atomic E-state index is 0.574. The molecule has 0 spiro atoms. The van der Waals surface area contributed by atoms with Gasteiger partial charge in [-0.3, -0.25) is 4.79 Å². The highest BCUT2D eigenvalue weighted by Gasteiger charge is 1.86. The molecule has 2 heteroatoms. The van der Waals surface area contributed by atoms with Crippen molar-refractivity contribution in [2.24, 2.45) is 0 Å². The van der Waals surface area contributed by atoms with Crippen molar-refractivity contribution in [2.75, 3.05) is 6.54 Å². The Balaban J connectivity index is 3.86. The molecule has 0 aliphatic rings. The molecule has 0 unspecified atom stereocenters. The molecule has 0 aromatic carbocycles. The summed E-state index contributed by atoms with van der Waals surface area (Å²) in [7, 11) is 0. The zero-order valence-electron chi connectivity index (χ0n) is 6.71. The molecular weight excluding hydrogens is 138 g/mol. The van der Waals surface area contributed by atoms with Gasteiger partial charge in [-0.15, -0.1) is 0 Å². The molecule has 0 radical (unpaired) electrons. The Hall–Kier alpha value is -1.31. The van der Waals surface area contributed by atoms with Gasteiger partial charge in [0.2, 0.25) is 6.41 Å². The first-order valence-corrected chi connectivity index (χ1v) is 3.46. The molecule has 0 rings (SSSR count). The summed E-state index contributed by atoms with van der Waals surface area (Å²) in [4.78, 5) is 9.92. The van der Waals surface area contributed by atoms with Crippen molar-refractivity contribution in [1.29, 1.82) is 0 Å². The average molecular weight is 151 g/mol. The molecule has 11 heavy (non-hydrogen) atoms. The summed E-state index contributed by atoms with van der Waals surface area (Å²) in [5, 5.41) is 2.57. The topological polar surface area (TPSA) is 29.1 Å². The fourth-order valence-corrected chi connectivity index (χ4v) is 0.608. The van der Waals surface area contributed by atoms with Gasteiger partial charge in [0.15, 0.2) is 0 Å². The van der Waals surface area contributed by atoms with Crippen LogP contribution in [0.15, 0.2) is 36.5 Å². The van der Waals surface area contributed by atoms with Gasteiger partial charge in [-0.2, -0.15) is 0 Å². The first kappa shape index (κ1) is 9.69. The second kappa shape index (κ2) is 6.81. The molecule has 60 valence electrons. The van der Waals surface area contributed by atoms with Gasteiger partial charge >= 0.3 is 0 Å². The Morgan fingerprint density at radius 2 is 2.36 bits per heavy atom. The number of carbonyl (C=O) groups excluding carboxylic acids is 1. The maximum Gasteiger partial charge on any atom is 0.207 e. The molecule has 0 aliphatic carbocycles. The quantitative estimate of drug-likeness (QED) is 0.467. The van der Waals surface area contributed by atoms with E-state index in [2.05, 4.69) is 11.9 Å². The van der Waals surface area contributed by atoms with Gasteiger partial charge in [-0.25, -0.2) is 0 Å². The van der Waals surface area contributed by atoms with E-state index in [4.69, 9.17) is 0 Å². The van der Waals surface area contributed by atoms with Crippen LogP contribution in [0.2, 0.25) is 0 Å². The fraction of sp³-hybridized carbons (Fsp3) is 0.222. The van der Waals surface area contributed by atoms with E-state index in [1.165, 1.54) is 0 Å². The van der Waals surface area contributed by atoms with Crippen molar-refractivity contribution in [1.82, 2.24) is 5.32 Å². The number of hydrogen-bond donors (Lipinski definition) is 1. The summed E-state index contributed by atoms with van der Waals surface area (Å²) in [6.45, 7) is 6.04. The average Bonchev–Trinajstić information content (AvgIpc) is 2.05. The van der Waals surface area contributed by atoms with E-state index in [1.54, 1.807) is 6.08 Å². The van der Waals surface area contributed by atoms with E-state index in [-0.39, 0.29) is 0 Å². The van der Waals surface area contributed by atoms with E-state index < -0.39 is 0 Å². The molecule has 0 heterocycles. The molecule has 0 aromatic rings. The number of allylic oxidation sites excluding steroid dienone is 3. The molecule has 2 nitrogen and oxygen atoms in total. The van der Waals surface area contributed by atoms with Crippen LogP contribution in [0.4, 0.5) is 0 Å².